The molecular weight excluding hydrogens is 551 g/mol. The molecular formula is C25H21IN2O4S. The Kier molecular flexibility index (Phi) is 7.04. The third kappa shape index (κ3) is 5.39. The summed E-state index contributed by atoms with van der Waals surface area (Å²) in [6.45, 7) is 3.51. The Morgan fingerprint density at radius 3 is 2.55 bits per heavy atom. The van der Waals surface area contributed by atoms with Crippen LogP contribution in [0.5, 0.6) is 5.75 Å². The number of thioether (sulfide) groups is 1. The molecule has 1 N–H and O–H groups in total. The third-order valence-electron chi connectivity index (χ3n) is 4.87. The van der Waals surface area contributed by atoms with Crippen molar-refractivity contribution in [1.82, 2.24) is 4.90 Å². The zero-order valence-corrected chi connectivity index (χ0v) is 21.0. The van der Waals surface area contributed by atoms with Gasteiger partial charge in [-0.15, -0.1) is 0 Å². The summed E-state index contributed by atoms with van der Waals surface area (Å²) in [7, 11) is 0. The molecule has 8 heteroatoms. The second kappa shape index (κ2) is 9.96. The highest BCUT2D eigenvalue weighted by atomic mass is 127. The SMILES string of the molecule is CC(C)Oc1ccc2ccccc2c1/C=C1/SC(=O)N(CC(=O)Nc2ccc(I)cc2)C1=O. The molecule has 4 rings (SSSR count). The van der Waals surface area contributed by atoms with Crippen LogP contribution >= 0.6 is 34.4 Å². The number of hydrogen-bond acceptors (Lipinski definition) is 5. The number of hydrogen-bond donors (Lipinski definition) is 1. The molecule has 0 atom stereocenters. The van der Waals surface area contributed by atoms with Crippen LogP contribution in [-0.2, 0) is 9.59 Å². The Bertz CT molecular complexity index is 1270. The van der Waals surface area contributed by atoms with E-state index in [2.05, 4.69) is 27.9 Å². The Morgan fingerprint density at radius 2 is 1.82 bits per heavy atom. The second-order valence-electron chi connectivity index (χ2n) is 7.69. The molecule has 1 aliphatic heterocycles. The van der Waals surface area contributed by atoms with Crippen LogP contribution in [-0.4, -0.2) is 34.6 Å². The fourth-order valence-electron chi connectivity index (χ4n) is 3.43. The van der Waals surface area contributed by atoms with E-state index in [1.54, 1.807) is 18.2 Å². The van der Waals surface area contributed by atoms with Crippen LogP contribution in [0.3, 0.4) is 0 Å². The first-order valence-electron chi connectivity index (χ1n) is 10.3. The van der Waals surface area contributed by atoms with Gasteiger partial charge in [0.2, 0.25) is 5.91 Å². The van der Waals surface area contributed by atoms with Crippen molar-refractivity contribution in [2.45, 2.75) is 20.0 Å². The first kappa shape index (κ1) is 23.3. The van der Waals surface area contributed by atoms with Crippen LogP contribution in [0.25, 0.3) is 16.8 Å². The Balaban J connectivity index is 1.59. The van der Waals surface area contributed by atoms with Crippen molar-refractivity contribution >= 4 is 73.9 Å². The molecule has 1 heterocycles. The predicted molar refractivity (Wildman–Crippen MR) is 140 cm³/mol. The quantitative estimate of drug-likeness (QED) is 0.294. The molecule has 0 unspecified atom stereocenters. The number of benzene rings is 3. The summed E-state index contributed by atoms with van der Waals surface area (Å²) in [6.07, 6.45) is 1.63. The topological polar surface area (TPSA) is 75.7 Å². The number of imide groups is 1. The molecule has 6 nitrogen and oxygen atoms in total. The number of amides is 3. The maximum atomic E-state index is 13.0. The molecule has 1 fully saturated rings. The fraction of sp³-hybridized carbons (Fsp3) is 0.160. The van der Waals surface area contributed by atoms with Crippen molar-refractivity contribution in [3.63, 3.8) is 0 Å². The number of fused-ring (bicyclic) bond motifs is 1. The van der Waals surface area contributed by atoms with Crippen LogP contribution in [0, 0.1) is 3.57 Å². The standard InChI is InChI=1S/C25H21IN2O4S/c1-15(2)32-21-12-7-16-5-3-4-6-19(16)20(21)13-22-24(30)28(25(31)33-22)14-23(29)27-18-10-8-17(26)9-11-18/h3-13,15H,14H2,1-2H3,(H,27,29)/b22-13+. The number of nitrogens with zero attached hydrogens (tertiary/aromatic N) is 1. The lowest BCUT2D eigenvalue weighted by atomic mass is 10.0. The summed E-state index contributed by atoms with van der Waals surface area (Å²) in [5.74, 6) is -0.299. The third-order valence-corrected chi connectivity index (χ3v) is 6.50. The van der Waals surface area contributed by atoms with Crippen LogP contribution in [0.1, 0.15) is 19.4 Å². The van der Waals surface area contributed by atoms with Crippen molar-refractivity contribution in [2.24, 2.45) is 0 Å². The second-order valence-corrected chi connectivity index (χ2v) is 9.93. The van der Waals surface area contributed by atoms with Crippen molar-refractivity contribution < 1.29 is 19.1 Å². The van der Waals surface area contributed by atoms with Gasteiger partial charge in [0.05, 0.1) is 11.0 Å². The highest BCUT2D eigenvalue weighted by Crippen LogP contribution is 2.37. The fourth-order valence-corrected chi connectivity index (χ4v) is 4.61. The predicted octanol–water partition coefficient (Wildman–Crippen LogP) is 5.91. The minimum atomic E-state index is -0.494. The zero-order chi connectivity index (χ0) is 23.5. The van der Waals surface area contributed by atoms with E-state index in [1.807, 2.05) is 62.4 Å². The molecule has 3 amide bonds. The number of carbonyl (C=O) groups is 3. The van der Waals surface area contributed by atoms with Gasteiger partial charge in [0.15, 0.2) is 0 Å². The molecule has 0 spiro atoms. The van der Waals surface area contributed by atoms with E-state index in [0.717, 1.165) is 36.6 Å². The Labute approximate surface area is 209 Å². The molecule has 0 saturated carbocycles. The lowest BCUT2D eigenvalue weighted by molar-refractivity contribution is -0.127. The van der Waals surface area contributed by atoms with Gasteiger partial charge in [-0.25, -0.2) is 0 Å². The summed E-state index contributed by atoms with van der Waals surface area (Å²) in [4.78, 5) is 39.2. The van der Waals surface area contributed by atoms with Gasteiger partial charge in [0.25, 0.3) is 11.1 Å². The van der Waals surface area contributed by atoms with Gasteiger partial charge >= 0.3 is 0 Å². The number of rotatable bonds is 6. The Hall–Kier alpha value is -2.85. The van der Waals surface area contributed by atoms with Crippen LogP contribution in [0.4, 0.5) is 10.5 Å². The highest BCUT2D eigenvalue weighted by molar-refractivity contribution is 14.1. The average molecular weight is 572 g/mol. The maximum Gasteiger partial charge on any atom is 0.294 e. The van der Waals surface area contributed by atoms with Gasteiger partial charge in [-0.2, -0.15) is 0 Å². The van der Waals surface area contributed by atoms with Crippen molar-refractivity contribution in [3.05, 3.63) is 74.7 Å². The average Bonchev–Trinajstić information content (AvgIpc) is 3.04. The number of halogens is 1. The van der Waals surface area contributed by atoms with Crippen LogP contribution in [0.15, 0.2) is 65.6 Å². The molecule has 0 aliphatic carbocycles. The van der Waals surface area contributed by atoms with E-state index in [9.17, 15) is 14.4 Å². The number of carbonyl (C=O) groups excluding carboxylic acids is 3. The van der Waals surface area contributed by atoms with Gasteiger partial charge in [0, 0.05) is 14.8 Å². The van der Waals surface area contributed by atoms with Crippen LogP contribution < -0.4 is 10.1 Å². The molecule has 168 valence electrons. The first-order chi connectivity index (χ1) is 15.8. The van der Waals surface area contributed by atoms with Gasteiger partial charge in [-0.3, -0.25) is 19.3 Å². The van der Waals surface area contributed by atoms with E-state index in [0.29, 0.717) is 11.4 Å². The minimum absolute atomic E-state index is 0.0571. The van der Waals surface area contributed by atoms with Gasteiger partial charge in [0.1, 0.15) is 12.3 Å². The summed E-state index contributed by atoms with van der Waals surface area (Å²) < 4.78 is 7.00. The molecule has 3 aromatic rings. The molecule has 0 bridgehead atoms. The molecule has 3 aromatic carbocycles. The molecule has 33 heavy (non-hydrogen) atoms. The number of anilines is 1. The maximum absolute atomic E-state index is 13.0. The lowest BCUT2D eigenvalue weighted by Gasteiger charge is -2.15. The van der Waals surface area contributed by atoms with E-state index in [1.165, 1.54) is 0 Å². The van der Waals surface area contributed by atoms with Gasteiger partial charge in [-0.1, -0.05) is 30.3 Å². The molecule has 1 aliphatic rings. The summed E-state index contributed by atoms with van der Waals surface area (Å²) >= 11 is 3.00. The number of nitrogens with one attached hydrogen (secondary N) is 1. The minimum Gasteiger partial charge on any atom is -0.490 e. The van der Waals surface area contributed by atoms with E-state index in [-0.39, 0.29) is 17.6 Å². The first-order valence-corrected chi connectivity index (χ1v) is 12.2. The van der Waals surface area contributed by atoms with E-state index < -0.39 is 17.1 Å². The molecule has 0 aromatic heterocycles. The van der Waals surface area contributed by atoms with Gasteiger partial charge < -0.3 is 10.1 Å². The van der Waals surface area contributed by atoms with Crippen molar-refractivity contribution in [1.29, 1.82) is 0 Å². The summed E-state index contributed by atoms with van der Waals surface area (Å²) in [5.41, 5.74) is 1.34. The molecule has 1 saturated heterocycles. The van der Waals surface area contributed by atoms with Crippen molar-refractivity contribution in [3.8, 4) is 5.75 Å². The normalized spacial score (nSPS) is 15.0. The Morgan fingerprint density at radius 1 is 1.09 bits per heavy atom. The lowest BCUT2D eigenvalue weighted by Crippen LogP contribution is -2.36. The van der Waals surface area contributed by atoms with Gasteiger partial charge in [-0.05, 0) is 95.4 Å². The highest BCUT2D eigenvalue weighted by Gasteiger charge is 2.36. The van der Waals surface area contributed by atoms with Crippen molar-refractivity contribution in [2.75, 3.05) is 11.9 Å². The smallest absolute Gasteiger partial charge is 0.294 e. The summed E-state index contributed by atoms with van der Waals surface area (Å²) in [5, 5.41) is 4.16. The largest absolute Gasteiger partial charge is 0.490 e. The van der Waals surface area contributed by atoms with E-state index >= 15 is 0 Å². The van der Waals surface area contributed by atoms with E-state index in [4.69, 9.17) is 4.74 Å². The number of ether oxygens (including phenoxy) is 1. The molecule has 0 radical (unpaired) electrons. The zero-order valence-electron chi connectivity index (χ0n) is 18.0. The van der Waals surface area contributed by atoms with Crippen LogP contribution in [0.2, 0.25) is 0 Å². The monoisotopic (exact) mass is 572 g/mol. The summed E-state index contributed by atoms with van der Waals surface area (Å²) in [6, 6.07) is 18.9.